The van der Waals surface area contributed by atoms with E-state index >= 15 is 0 Å². The predicted molar refractivity (Wildman–Crippen MR) is 97.5 cm³/mol. The van der Waals surface area contributed by atoms with Crippen molar-refractivity contribution in [2.45, 2.75) is 19.4 Å². The first kappa shape index (κ1) is 17.9. The van der Waals surface area contributed by atoms with Gasteiger partial charge >= 0.3 is 6.03 Å². The number of amides is 3. The summed E-state index contributed by atoms with van der Waals surface area (Å²) >= 11 is 0. The van der Waals surface area contributed by atoms with Crippen LogP contribution in [0.2, 0.25) is 0 Å². The van der Waals surface area contributed by atoms with Crippen LogP contribution < -0.4 is 10.6 Å². The fourth-order valence-corrected chi connectivity index (χ4v) is 3.16. The number of nitrogens with one attached hydrogen (secondary N) is 2. The largest absolute Gasteiger partial charge is 0.350 e. The number of nitrogens with zero attached hydrogens (tertiary/aromatic N) is 1. The number of urea groups is 1. The van der Waals surface area contributed by atoms with Gasteiger partial charge in [0.05, 0.1) is 6.04 Å². The molecule has 1 atom stereocenters. The molecule has 3 amide bonds. The predicted octanol–water partition coefficient (Wildman–Crippen LogP) is 2.50. The van der Waals surface area contributed by atoms with Crippen molar-refractivity contribution in [3.63, 3.8) is 0 Å². The van der Waals surface area contributed by atoms with Crippen LogP contribution in [0.15, 0.2) is 48.5 Å². The molecule has 0 aliphatic carbocycles. The molecule has 2 aromatic rings. The molecule has 1 heterocycles. The molecule has 0 radical (unpaired) electrons. The Morgan fingerprint density at radius 3 is 2.77 bits per heavy atom. The van der Waals surface area contributed by atoms with Gasteiger partial charge < -0.3 is 15.5 Å². The van der Waals surface area contributed by atoms with Crippen molar-refractivity contribution in [2.24, 2.45) is 0 Å². The molecule has 6 heteroatoms. The van der Waals surface area contributed by atoms with Gasteiger partial charge in [-0.25, -0.2) is 9.18 Å². The molecule has 2 N–H and O–H groups in total. The Labute approximate surface area is 152 Å². The van der Waals surface area contributed by atoms with Gasteiger partial charge in [-0.3, -0.25) is 4.79 Å². The highest BCUT2D eigenvalue weighted by Crippen LogP contribution is 2.13. The Kier molecular flexibility index (Phi) is 5.51. The summed E-state index contributed by atoms with van der Waals surface area (Å²) in [4.78, 5) is 26.2. The van der Waals surface area contributed by atoms with E-state index in [4.69, 9.17) is 0 Å². The van der Waals surface area contributed by atoms with Gasteiger partial charge in [-0.2, -0.15) is 0 Å². The maximum Gasteiger partial charge on any atom is 0.317 e. The van der Waals surface area contributed by atoms with Crippen LogP contribution in [0.1, 0.15) is 21.5 Å². The number of hydrogen-bond acceptors (Lipinski definition) is 2. The Bertz CT molecular complexity index is 809. The van der Waals surface area contributed by atoms with E-state index in [1.807, 2.05) is 31.2 Å². The van der Waals surface area contributed by atoms with Crippen LogP contribution in [0, 0.1) is 12.7 Å². The van der Waals surface area contributed by atoms with Crippen molar-refractivity contribution in [2.75, 3.05) is 19.6 Å². The molecule has 1 saturated heterocycles. The van der Waals surface area contributed by atoms with E-state index in [9.17, 15) is 14.0 Å². The molecule has 3 rings (SSSR count). The molecule has 0 saturated carbocycles. The Hall–Kier alpha value is -2.89. The Morgan fingerprint density at radius 2 is 2.08 bits per heavy atom. The van der Waals surface area contributed by atoms with Crippen LogP contribution in [-0.4, -0.2) is 42.5 Å². The third-order valence-corrected chi connectivity index (χ3v) is 4.47. The van der Waals surface area contributed by atoms with Crippen molar-refractivity contribution in [3.8, 4) is 0 Å². The summed E-state index contributed by atoms with van der Waals surface area (Å²) in [6.07, 6.45) is 0.472. The second-order valence-corrected chi connectivity index (χ2v) is 6.49. The highest BCUT2D eigenvalue weighted by Gasteiger charge is 2.28. The zero-order valence-electron chi connectivity index (χ0n) is 14.7. The smallest absolute Gasteiger partial charge is 0.317 e. The normalized spacial score (nSPS) is 14.8. The first-order valence-electron chi connectivity index (χ1n) is 8.67. The summed E-state index contributed by atoms with van der Waals surface area (Å²) in [6, 6.07) is 13.3. The molecular formula is C20H22FN3O2. The molecule has 136 valence electrons. The lowest BCUT2D eigenvalue weighted by Crippen LogP contribution is -2.46. The third-order valence-electron chi connectivity index (χ3n) is 4.47. The molecule has 0 bridgehead atoms. The lowest BCUT2D eigenvalue weighted by molar-refractivity contribution is 0.0940. The fourth-order valence-electron chi connectivity index (χ4n) is 3.16. The maximum atomic E-state index is 13.5. The van der Waals surface area contributed by atoms with Gasteiger partial charge in [0.15, 0.2) is 0 Å². The zero-order chi connectivity index (χ0) is 18.5. The summed E-state index contributed by atoms with van der Waals surface area (Å²) in [5, 5.41) is 5.68. The molecule has 1 aliphatic heterocycles. The summed E-state index contributed by atoms with van der Waals surface area (Å²) in [5.41, 5.74) is 2.38. The number of aryl methyl sites for hydroxylation is 1. The number of rotatable bonds is 6. The van der Waals surface area contributed by atoms with Crippen molar-refractivity contribution in [1.82, 2.24) is 15.5 Å². The van der Waals surface area contributed by atoms with E-state index < -0.39 is 0 Å². The quantitative estimate of drug-likeness (QED) is 0.836. The van der Waals surface area contributed by atoms with Crippen molar-refractivity contribution >= 4 is 11.9 Å². The van der Waals surface area contributed by atoms with Crippen LogP contribution in [0.25, 0.3) is 0 Å². The average Bonchev–Trinajstić information content (AvgIpc) is 3.04. The molecule has 0 unspecified atom stereocenters. The molecule has 5 nitrogen and oxygen atoms in total. The monoisotopic (exact) mass is 355 g/mol. The SMILES string of the molecule is Cc1cccc(C(=O)NC[C@@H](Cc2cccc(F)c2)N2CCNC2=O)c1. The van der Waals surface area contributed by atoms with Gasteiger partial charge in [0, 0.05) is 25.2 Å². The zero-order valence-corrected chi connectivity index (χ0v) is 14.7. The Balaban J connectivity index is 1.71. The minimum atomic E-state index is -0.309. The highest BCUT2D eigenvalue weighted by molar-refractivity contribution is 5.94. The Morgan fingerprint density at radius 1 is 1.27 bits per heavy atom. The summed E-state index contributed by atoms with van der Waals surface area (Å²) in [6.45, 7) is 3.37. The van der Waals surface area contributed by atoms with Gasteiger partial charge in [-0.05, 0) is 43.2 Å². The molecular weight excluding hydrogens is 333 g/mol. The first-order chi connectivity index (χ1) is 12.5. The topological polar surface area (TPSA) is 61.4 Å². The van der Waals surface area contributed by atoms with Gasteiger partial charge in [0.2, 0.25) is 0 Å². The van der Waals surface area contributed by atoms with E-state index in [1.54, 1.807) is 17.0 Å². The average molecular weight is 355 g/mol. The standard InChI is InChI=1S/C20H22FN3O2/c1-14-4-2-6-16(10-14)19(25)23-13-18(24-9-8-22-20(24)26)12-15-5-3-7-17(21)11-15/h2-7,10-11,18H,8-9,12-13H2,1H3,(H,22,26)(H,23,25)/t18-/m1/s1. The molecule has 1 aliphatic rings. The van der Waals surface area contributed by atoms with Gasteiger partial charge in [-0.15, -0.1) is 0 Å². The molecule has 0 spiro atoms. The minimum Gasteiger partial charge on any atom is -0.350 e. The van der Waals surface area contributed by atoms with E-state index in [0.717, 1.165) is 11.1 Å². The van der Waals surface area contributed by atoms with Crippen molar-refractivity contribution < 1.29 is 14.0 Å². The third kappa shape index (κ3) is 4.39. The van der Waals surface area contributed by atoms with Crippen LogP contribution in [0.5, 0.6) is 0 Å². The van der Waals surface area contributed by atoms with Crippen LogP contribution >= 0.6 is 0 Å². The lowest BCUT2D eigenvalue weighted by Gasteiger charge is -2.27. The first-order valence-corrected chi connectivity index (χ1v) is 8.67. The van der Waals surface area contributed by atoms with E-state index in [2.05, 4.69) is 10.6 Å². The van der Waals surface area contributed by atoms with Gasteiger partial charge in [-0.1, -0.05) is 29.8 Å². The summed E-state index contributed by atoms with van der Waals surface area (Å²) in [5.74, 6) is -0.492. The summed E-state index contributed by atoms with van der Waals surface area (Å²) < 4.78 is 13.5. The summed E-state index contributed by atoms with van der Waals surface area (Å²) in [7, 11) is 0. The number of halogens is 1. The van der Waals surface area contributed by atoms with E-state index in [0.29, 0.717) is 31.6 Å². The molecule has 2 aromatic carbocycles. The minimum absolute atomic E-state index is 0.156. The second-order valence-electron chi connectivity index (χ2n) is 6.49. The van der Waals surface area contributed by atoms with Crippen molar-refractivity contribution in [1.29, 1.82) is 0 Å². The van der Waals surface area contributed by atoms with Crippen LogP contribution in [0.3, 0.4) is 0 Å². The van der Waals surface area contributed by atoms with Crippen LogP contribution in [0.4, 0.5) is 9.18 Å². The van der Waals surface area contributed by atoms with Gasteiger partial charge in [0.1, 0.15) is 5.82 Å². The highest BCUT2D eigenvalue weighted by atomic mass is 19.1. The molecule has 0 aromatic heterocycles. The maximum absolute atomic E-state index is 13.5. The number of carbonyl (C=O) groups excluding carboxylic acids is 2. The van der Waals surface area contributed by atoms with E-state index in [-0.39, 0.29) is 23.8 Å². The number of carbonyl (C=O) groups is 2. The number of benzene rings is 2. The fraction of sp³-hybridized carbons (Fsp3) is 0.300. The lowest BCUT2D eigenvalue weighted by atomic mass is 10.0. The molecule has 26 heavy (non-hydrogen) atoms. The van der Waals surface area contributed by atoms with Gasteiger partial charge in [0.25, 0.3) is 5.91 Å². The van der Waals surface area contributed by atoms with E-state index in [1.165, 1.54) is 12.1 Å². The number of hydrogen-bond donors (Lipinski definition) is 2. The second kappa shape index (κ2) is 7.99. The van der Waals surface area contributed by atoms with Crippen molar-refractivity contribution in [3.05, 3.63) is 71.0 Å². The van der Waals surface area contributed by atoms with Crippen LogP contribution in [-0.2, 0) is 6.42 Å². The molecule has 1 fully saturated rings.